The highest BCUT2D eigenvalue weighted by Crippen LogP contribution is 2.11. The third-order valence-electron chi connectivity index (χ3n) is 4.28. The standard InChI is InChI=1S/C18H30N4O.HI/c1-23-17-8-6-16(7-9-17)10-11-20-18(19)21-12-15-22-13-4-2-3-5-14-22;/h6-9H,2-5,10-15H2,1H3,(H3,19,20,21);1H. The van der Waals surface area contributed by atoms with E-state index in [2.05, 4.69) is 27.3 Å². The van der Waals surface area contributed by atoms with Gasteiger partial charge in [-0.05, 0) is 50.0 Å². The molecule has 2 rings (SSSR count). The Morgan fingerprint density at radius 1 is 1.17 bits per heavy atom. The second kappa shape index (κ2) is 12.4. The fourth-order valence-corrected chi connectivity index (χ4v) is 2.85. The van der Waals surface area contributed by atoms with Crippen LogP contribution in [0.15, 0.2) is 29.3 Å². The molecule has 1 saturated heterocycles. The van der Waals surface area contributed by atoms with Gasteiger partial charge in [-0.3, -0.25) is 4.99 Å². The van der Waals surface area contributed by atoms with E-state index in [9.17, 15) is 0 Å². The van der Waals surface area contributed by atoms with Crippen molar-refractivity contribution >= 4 is 29.9 Å². The SMILES string of the molecule is COc1ccc(CCNC(N)=NCCN2CCCCCC2)cc1.I. The van der Waals surface area contributed by atoms with Crippen molar-refractivity contribution < 1.29 is 4.74 Å². The van der Waals surface area contributed by atoms with Gasteiger partial charge in [0.15, 0.2) is 5.96 Å². The first-order valence-corrected chi connectivity index (χ1v) is 8.67. The minimum absolute atomic E-state index is 0. The van der Waals surface area contributed by atoms with Crippen LogP contribution in [0.25, 0.3) is 0 Å². The molecular weight excluding hydrogens is 415 g/mol. The van der Waals surface area contributed by atoms with Crippen molar-refractivity contribution in [2.24, 2.45) is 10.7 Å². The molecular formula is C18H31IN4O. The van der Waals surface area contributed by atoms with Gasteiger partial charge in [0.1, 0.15) is 5.75 Å². The van der Waals surface area contributed by atoms with Crippen LogP contribution in [0.2, 0.25) is 0 Å². The van der Waals surface area contributed by atoms with Gasteiger partial charge in [0.05, 0.1) is 13.7 Å². The molecule has 1 fully saturated rings. The maximum absolute atomic E-state index is 5.93. The van der Waals surface area contributed by atoms with E-state index < -0.39 is 0 Å². The summed E-state index contributed by atoms with van der Waals surface area (Å²) < 4.78 is 5.16. The lowest BCUT2D eigenvalue weighted by molar-refractivity contribution is 0.293. The summed E-state index contributed by atoms with van der Waals surface area (Å²) in [6.45, 7) is 5.01. The van der Waals surface area contributed by atoms with E-state index >= 15 is 0 Å². The zero-order chi connectivity index (χ0) is 16.3. The largest absolute Gasteiger partial charge is 0.497 e. The van der Waals surface area contributed by atoms with Crippen LogP contribution in [0.1, 0.15) is 31.2 Å². The Morgan fingerprint density at radius 3 is 2.46 bits per heavy atom. The first-order chi connectivity index (χ1) is 11.3. The van der Waals surface area contributed by atoms with Crippen LogP contribution in [0.4, 0.5) is 0 Å². The van der Waals surface area contributed by atoms with Gasteiger partial charge in [-0.2, -0.15) is 0 Å². The van der Waals surface area contributed by atoms with Crippen molar-refractivity contribution in [1.82, 2.24) is 10.2 Å². The minimum atomic E-state index is 0. The smallest absolute Gasteiger partial charge is 0.188 e. The Hall–Kier alpha value is -1.02. The Morgan fingerprint density at radius 2 is 1.83 bits per heavy atom. The quantitative estimate of drug-likeness (QED) is 0.384. The summed E-state index contributed by atoms with van der Waals surface area (Å²) >= 11 is 0. The van der Waals surface area contributed by atoms with Crippen LogP contribution in [0.3, 0.4) is 0 Å². The van der Waals surface area contributed by atoms with E-state index in [-0.39, 0.29) is 24.0 Å². The number of hydrogen-bond acceptors (Lipinski definition) is 3. The molecule has 0 atom stereocenters. The average molecular weight is 446 g/mol. The monoisotopic (exact) mass is 446 g/mol. The molecule has 24 heavy (non-hydrogen) atoms. The van der Waals surface area contributed by atoms with Crippen LogP contribution >= 0.6 is 24.0 Å². The highest BCUT2D eigenvalue weighted by molar-refractivity contribution is 14.0. The maximum atomic E-state index is 5.93. The lowest BCUT2D eigenvalue weighted by Crippen LogP contribution is -2.34. The summed E-state index contributed by atoms with van der Waals surface area (Å²) in [6, 6.07) is 8.11. The molecule has 0 aliphatic carbocycles. The van der Waals surface area contributed by atoms with Crippen LogP contribution < -0.4 is 15.8 Å². The average Bonchev–Trinajstić information content (AvgIpc) is 2.84. The number of likely N-dealkylation sites (tertiary alicyclic amines) is 1. The number of ether oxygens (including phenoxy) is 1. The van der Waals surface area contributed by atoms with Gasteiger partial charge in [0.2, 0.25) is 0 Å². The van der Waals surface area contributed by atoms with Crippen LogP contribution in [-0.4, -0.2) is 50.7 Å². The lowest BCUT2D eigenvalue weighted by atomic mass is 10.1. The van der Waals surface area contributed by atoms with Gasteiger partial charge in [-0.15, -0.1) is 24.0 Å². The molecule has 0 unspecified atom stereocenters. The van der Waals surface area contributed by atoms with E-state index in [4.69, 9.17) is 10.5 Å². The van der Waals surface area contributed by atoms with Crippen molar-refractivity contribution in [3.63, 3.8) is 0 Å². The first kappa shape index (κ1) is 21.0. The van der Waals surface area contributed by atoms with Gasteiger partial charge < -0.3 is 20.7 Å². The molecule has 1 aromatic carbocycles. The second-order valence-corrected chi connectivity index (χ2v) is 6.05. The fourth-order valence-electron chi connectivity index (χ4n) is 2.85. The summed E-state index contributed by atoms with van der Waals surface area (Å²) in [5.41, 5.74) is 7.19. The second-order valence-electron chi connectivity index (χ2n) is 6.05. The molecule has 1 heterocycles. The summed E-state index contributed by atoms with van der Waals surface area (Å²) in [5.74, 6) is 1.43. The number of nitrogens with zero attached hydrogens (tertiary/aromatic N) is 2. The highest BCUT2D eigenvalue weighted by atomic mass is 127. The Labute approximate surface area is 163 Å². The van der Waals surface area contributed by atoms with E-state index in [1.54, 1.807) is 7.11 Å². The van der Waals surface area contributed by atoms with Crippen molar-refractivity contribution in [1.29, 1.82) is 0 Å². The number of guanidine groups is 1. The maximum Gasteiger partial charge on any atom is 0.188 e. The summed E-state index contributed by atoms with van der Waals surface area (Å²) in [5, 5.41) is 3.19. The number of methoxy groups -OCH3 is 1. The molecule has 1 aliphatic heterocycles. The van der Waals surface area contributed by atoms with Gasteiger partial charge in [-0.25, -0.2) is 0 Å². The molecule has 0 bridgehead atoms. The van der Waals surface area contributed by atoms with Gasteiger partial charge in [0.25, 0.3) is 0 Å². The number of rotatable bonds is 7. The Bertz CT molecular complexity index is 470. The first-order valence-electron chi connectivity index (χ1n) is 8.67. The van der Waals surface area contributed by atoms with Crippen LogP contribution in [0.5, 0.6) is 5.75 Å². The number of benzene rings is 1. The molecule has 5 nitrogen and oxygen atoms in total. The predicted octanol–water partition coefficient (Wildman–Crippen LogP) is 2.64. The van der Waals surface area contributed by atoms with Crippen molar-refractivity contribution in [3.8, 4) is 5.75 Å². The molecule has 0 amide bonds. The number of nitrogens with one attached hydrogen (secondary N) is 1. The van der Waals surface area contributed by atoms with Crippen molar-refractivity contribution in [3.05, 3.63) is 29.8 Å². The molecule has 0 saturated carbocycles. The number of hydrogen-bond donors (Lipinski definition) is 2. The minimum Gasteiger partial charge on any atom is -0.497 e. The molecule has 0 radical (unpaired) electrons. The molecule has 1 aliphatic rings. The molecule has 0 spiro atoms. The zero-order valence-electron chi connectivity index (χ0n) is 14.7. The molecule has 3 N–H and O–H groups in total. The van der Waals surface area contributed by atoms with Gasteiger partial charge >= 0.3 is 0 Å². The number of nitrogens with two attached hydrogens (primary N) is 1. The van der Waals surface area contributed by atoms with Crippen LogP contribution in [-0.2, 0) is 6.42 Å². The van der Waals surface area contributed by atoms with Crippen molar-refractivity contribution in [2.45, 2.75) is 32.1 Å². The zero-order valence-corrected chi connectivity index (χ0v) is 17.0. The number of halogens is 1. The Kier molecular flexibility index (Phi) is 10.8. The predicted molar refractivity (Wildman–Crippen MR) is 112 cm³/mol. The highest BCUT2D eigenvalue weighted by Gasteiger charge is 2.07. The molecule has 0 aromatic heterocycles. The molecule has 1 aromatic rings. The number of aliphatic imine (C=N–C) groups is 1. The summed E-state index contributed by atoms with van der Waals surface area (Å²) in [4.78, 5) is 6.93. The third-order valence-corrected chi connectivity index (χ3v) is 4.28. The molecule has 136 valence electrons. The Balaban J connectivity index is 0.00000288. The van der Waals surface area contributed by atoms with E-state index in [0.717, 1.165) is 31.8 Å². The fraction of sp³-hybridized carbons (Fsp3) is 0.611. The van der Waals surface area contributed by atoms with E-state index in [0.29, 0.717) is 5.96 Å². The van der Waals surface area contributed by atoms with Gasteiger partial charge in [-0.1, -0.05) is 25.0 Å². The molecule has 6 heteroatoms. The lowest BCUT2D eigenvalue weighted by Gasteiger charge is -2.18. The van der Waals surface area contributed by atoms with E-state index in [1.165, 1.54) is 44.3 Å². The van der Waals surface area contributed by atoms with E-state index in [1.807, 2.05) is 12.1 Å². The van der Waals surface area contributed by atoms with Gasteiger partial charge in [0, 0.05) is 13.1 Å². The third kappa shape index (κ3) is 8.19. The topological polar surface area (TPSA) is 62.9 Å². The summed E-state index contributed by atoms with van der Waals surface area (Å²) in [7, 11) is 1.68. The summed E-state index contributed by atoms with van der Waals surface area (Å²) in [6.07, 6.45) is 6.30. The normalized spacial score (nSPS) is 16.1. The van der Waals surface area contributed by atoms with Crippen LogP contribution in [0, 0.1) is 0 Å². The van der Waals surface area contributed by atoms with Crippen molar-refractivity contribution in [2.75, 3.05) is 39.8 Å².